The summed E-state index contributed by atoms with van der Waals surface area (Å²) in [5, 5.41) is 3.56. The highest BCUT2D eigenvalue weighted by Crippen LogP contribution is 2.37. The smallest absolute Gasteiger partial charge is 0.148 e. The Morgan fingerprint density at radius 1 is 1.00 bits per heavy atom. The number of fused-ring (bicyclic) bond motifs is 1. The first-order chi connectivity index (χ1) is 12.7. The summed E-state index contributed by atoms with van der Waals surface area (Å²) >= 11 is 0. The van der Waals surface area contributed by atoms with Gasteiger partial charge in [-0.3, -0.25) is 0 Å². The minimum atomic E-state index is 0.587. The molecule has 0 saturated heterocycles. The van der Waals surface area contributed by atoms with Crippen LogP contribution in [-0.2, 0) is 25.7 Å². The van der Waals surface area contributed by atoms with Crippen LogP contribution in [0.1, 0.15) is 62.0 Å². The van der Waals surface area contributed by atoms with Crippen molar-refractivity contribution in [2.75, 3.05) is 12.4 Å². The molecule has 1 N–H and O–H groups in total. The highest BCUT2D eigenvalue weighted by molar-refractivity contribution is 5.72. The molecule has 2 aliphatic carbocycles. The van der Waals surface area contributed by atoms with Gasteiger partial charge in [-0.25, -0.2) is 9.97 Å². The van der Waals surface area contributed by atoms with Crippen LogP contribution in [0.5, 0.6) is 5.75 Å². The molecule has 1 aromatic carbocycles. The number of hydrogen-bond donors (Lipinski definition) is 1. The molecule has 0 spiro atoms. The van der Waals surface area contributed by atoms with Gasteiger partial charge in [0.1, 0.15) is 11.6 Å². The standard InChI is InChI=1S/C22H29N3O/c1-4-18-21(24-19(5-2)22(25-18)23-16-10-11-16)17-12-14-8-6-7-9-15(14)13-20(17)26-3/h12-13,16H,4-11H2,1-3H3,(H,23,25). The number of ether oxygens (including phenoxy) is 1. The number of hydrogen-bond acceptors (Lipinski definition) is 4. The molecule has 0 bridgehead atoms. The molecule has 26 heavy (non-hydrogen) atoms. The first-order valence-electron chi connectivity index (χ1n) is 10.1. The summed E-state index contributed by atoms with van der Waals surface area (Å²) in [4.78, 5) is 10.0. The molecule has 138 valence electrons. The lowest BCUT2D eigenvalue weighted by Crippen LogP contribution is -2.12. The highest BCUT2D eigenvalue weighted by atomic mass is 16.5. The number of methoxy groups -OCH3 is 1. The van der Waals surface area contributed by atoms with Crippen molar-refractivity contribution in [1.29, 1.82) is 0 Å². The van der Waals surface area contributed by atoms with Gasteiger partial charge in [-0.2, -0.15) is 0 Å². The van der Waals surface area contributed by atoms with Crippen molar-refractivity contribution in [2.24, 2.45) is 0 Å². The number of anilines is 1. The summed E-state index contributed by atoms with van der Waals surface area (Å²) in [7, 11) is 1.76. The highest BCUT2D eigenvalue weighted by Gasteiger charge is 2.25. The van der Waals surface area contributed by atoms with Gasteiger partial charge in [-0.15, -0.1) is 0 Å². The van der Waals surface area contributed by atoms with Crippen LogP contribution in [0.2, 0.25) is 0 Å². The van der Waals surface area contributed by atoms with E-state index in [4.69, 9.17) is 14.7 Å². The van der Waals surface area contributed by atoms with E-state index in [1.54, 1.807) is 7.11 Å². The lowest BCUT2D eigenvalue weighted by Gasteiger charge is -2.21. The number of nitrogens with zero attached hydrogens (tertiary/aromatic N) is 2. The van der Waals surface area contributed by atoms with Gasteiger partial charge in [-0.05, 0) is 74.6 Å². The summed E-state index contributed by atoms with van der Waals surface area (Å²) in [6.07, 6.45) is 9.09. The Hall–Kier alpha value is -2.10. The zero-order valence-corrected chi connectivity index (χ0v) is 16.2. The van der Waals surface area contributed by atoms with Crippen molar-refractivity contribution in [3.05, 3.63) is 34.6 Å². The third-order valence-electron chi connectivity index (χ3n) is 5.55. The van der Waals surface area contributed by atoms with E-state index in [0.29, 0.717) is 6.04 Å². The van der Waals surface area contributed by atoms with Crippen molar-refractivity contribution < 1.29 is 4.74 Å². The minimum Gasteiger partial charge on any atom is -0.496 e. The van der Waals surface area contributed by atoms with E-state index in [2.05, 4.69) is 31.3 Å². The molecule has 4 nitrogen and oxygen atoms in total. The topological polar surface area (TPSA) is 47.0 Å². The molecule has 1 heterocycles. The van der Waals surface area contributed by atoms with Crippen molar-refractivity contribution in [3.63, 3.8) is 0 Å². The fourth-order valence-electron chi connectivity index (χ4n) is 3.87. The summed E-state index contributed by atoms with van der Waals surface area (Å²) in [6, 6.07) is 5.13. The second-order valence-corrected chi connectivity index (χ2v) is 7.47. The van der Waals surface area contributed by atoms with E-state index in [9.17, 15) is 0 Å². The molecule has 0 atom stereocenters. The molecule has 0 unspecified atom stereocenters. The van der Waals surface area contributed by atoms with Gasteiger partial charge in [0.05, 0.1) is 24.2 Å². The predicted molar refractivity (Wildman–Crippen MR) is 106 cm³/mol. The van der Waals surface area contributed by atoms with Gasteiger partial charge in [-0.1, -0.05) is 13.8 Å². The van der Waals surface area contributed by atoms with Gasteiger partial charge in [0, 0.05) is 11.6 Å². The van der Waals surface area contributed by atoms with Gasteiger partial charge in [0.25, 0.3) is 0 Å². The van der Waals surface area contributed by atoms with E-state index in [-0.39, 0.29) is 0 Å². The van der Waals surface area contributed by atoms with Crippen LogP contribution >= 0.6 is 0 Å². The molecule has 1 saturated carbocycles. The van der Waals surface area contributed by atoms with Crippen molar-refractivity contribution in [1.82, 2.24) is 9.97 Å². The van der Waals surface area contributed by atoms with Crippen LogP contribution in [0.15, 0.2) is 12.1 Å². The average Bonchev–Trinajstić information content (AvgIpc) is 3.50. The monoisotopic (exact) mass is 351 g/mol. The molecule has 0 aliphatic heterocycles. The summed E-state index contributed by atoms with van der Waals surface area (Å²) in [5.41, 5.74) is 7.10. The lowest BCUT2D eigenvalue weighted by molar-refractivity contribution is 0.415. The fraction of sp³-hybridized carbons (Fsp3) is 0.545. The first kappa shape index (κ1) is 17.3. The number of nitrogens with one attached hydrogen (secondary N) is 1. The average molecular weight is 351 g/mol. The second-order valence-electron chi connectivity index (χ2n) is 7.47. The third kappa shape index (κ3) is 3.29. The van der Waals surface area contributed by atoms with Gasteiger partial charge in [0.15, 0.2) is 0 Å². The summed E-state index contributed by atoms with van der Waals surface area (Å²) < 4.78 is 5.76. The van der Waals surface area contributed by atoms with Crippen LogP contribution in [0.25, 0.3) is 11.3 Å². The maximum atomic E-state index is 5.76. The Labute approximate surface area is 156 Å². The molecular formula is C22H29N3O. The van der Waals surface area contributed by atoms with E-state index in [1.807, 2.05) is 0 Å². The second kappa shape index (κ2) is 7.26. The molecule has 0 amide bonds. The zero-order valence-electron chi connectivity index (χ0n) is 16.2. The number of aromatic nitrogens is 2. The summed E-state index contributed by atoms with van der Waals surface area (Å²) in [6.45, 7) is 4.31. The van der Waals surface area contributed by atoms with Crippen LogP contribution in [0, 0.1) is 0 Å². The molecule has 1 fully saturated rings. The SMILES string of the molecule is CCc1nc(-c2cc3c(cc2OC)CCCC3)c(CC)nc1NC1CC1. The van der Waals surface area contributed by atoms with E-state index in [1.165, 1.54) is 36.8 Å². The van der Waals surface area contributed by atoms with Gasteiger partial charge < -0.3 is 10.1 Å². The van der Waals surface area contributed by atoms with Crippen molar-refractivity contribution in [3.8, 4) is 17.0 Å². The maximum absolute atomic E-state index is 5.76. The fourth-order valence-corrected chi connectivity index (χ4v) is 3.87. The van der Waals surface area contributed by atoms with E-state index >= 15 is 0 Å². The molecular weight excluding hydrogens is 322 g/mol. The minimum absolute atomic E-state index is 0.587. The molecule has 2 aromatic rings. The zero-order chi connectivity index (χ0) is 18.1. The molecule has 4 rings (SSSR count). The lowest BCUT2D eigenvalue weighted by atomic mass is 9.89. The Balaban J connectivity index is 1.83. The normalized spacial score (nSPS) is 16.3. The molecule has 1 aromatic heterocycles. The van der Waals surface area contributed by atoms with Crippen molar-refractivity contribution in [2.45, 2.75) is 71.3 Å². The third-order valence-corrected chi connectivity index (χ3v) is 5.55. The predicted octanol–water partition coefficient (Wildman–Crippen LogP) is 4.73. The van der Waals surface area contributed by atoms with E-state index in [0.717, 1.165) is 59.9 Å². The van der Waals surface area contributed by atoms with Crippen LogP contribution in [0.3, 0.4) is 0 Å². The number of aryl methyl sites for hydroxylation is 4. The summed E-state index contributed by atoms with van der Waals surface area (Å²) in [5.74, 6) is 1.91. The number of rotatable bonds is 6. The Kier molecular flexibility index (Phi) is 4.84. The van der Waals surface area contributed by atoms with Crippen molar-refractivity contribution >= 4 is 5.82 Å². The Bertz CT molecular complexity index is 812. The van der Waals surface area contributed by atoms with Gasteiger partial charge >= 0.3 is 0 Å². The van der Waals surface area contributed by atoms with E-state index < -0.39 is 0 Å². The Morgan fingerprint density at radius 2 is 1.69 bits per heavy atom. The van der Waals surface area contributed by atoms with Crippen LogP contribution in [-0.4, -0.2) is 23.1 Å². The van der Waals surface area contributed by atoms with Gasteiger partial charge in [0.2, 0.25) is 0 Å². The molecule has 0 radical (unpaired) electrons. The van der Waals surface area contributed by atoms with Crippen LogP contribution in [0.4, 0.5) is 5.82 Å². The quantitative estimate of drug-likeness (QED) is 0.817. The Morgan fingerprint density at radius 3 is 2.31 bits per heavy atom. The van der Waals surface area contributed by atoms with Crippen LogP contribution < -0.4 is 10.1 Å². The number of benzene rings is 1. The largest absolute Gasteiger partial charge is 0.496 e. The first-order valence-corrected chi connectivity index (χ1v) is 10.1. The maximum Gasteiger partial charge on any atom is 0.148 e. The molecule has 2 aliphatic rings. The molecule has 4 heteroatoms.